The molecule has 0 aliphatic heterocycles. The van der Waals surface area contributed by atoms with Crippen molar-refractivity contribution in [3.8, 4) is 5.75 Å². The number of rotatable bonds is 4. The van der Waals surface area contributed by atoms with E-state index in [1.54, 1.807) is 30.3 Å². The smallest absolute Gasteiger partial charge is 0.264 e. The van der Waals surface area contributed by atoms with Crippen LogP contribution in [0, 0.1) is 5.82 Å². The average Bonchev–Trinajstić information content (AvgIpc) is 2.47. The molecule has 1 amide bonds. The van der Waals surface area contributed by atoms with Crippen LogP contribution in [0.2, 0.25) is 0 Å². The maximum Gasteiger partial charge on any atom is 0.264 e. The third-order valence-electron chi connectivity index (χ3n) is 3.17. The van der Waals surface area contributed by atoms with Crippen molar-refractivity contribution in [1.29, 1.82) is 0 Å². The minimum atomic E-state index is -0.397. The van der Waals surface area contributed by atoms with Crippen molar-refractivity contribution in [2.24, 2.45) is 0 Å². The van der Waals surface area contributed by atoms with Gasteiger partial charge in [-0.3, -0.25) is 4.79 Å². The van der Waals surface area contributed by atoms with E-state index in [1.165, 1.54) is 24.1 Å². The monoisotopic (exact) mass is 288 g/mol. The summed E-state index contributed by atoms with van der Waals surface area (Å²) in [5.41, 5.74) is 6.99. The highest BCUT2D eigenvalue weighted by atomic mass is 19.1. The molecule has 110 valence electrons. The molecule has 0 unspecified atom stereocenters. The molecule has 0 aromatic heterocycles. The number of nitrogens with zero attached hydrogens (tertiary/aromatic N) is 1. The molecule has 0 saturated heterocycles. The number of ether oxygens (including phenoxy) is 1. The van der Waals surface area contributed by atoms with E-state index in [0.29, 0.717) is 23.7 Å². The van der Waals surface area contributed by atoms with E-state index in [2.05, 4.69) is 0 Å². The molecule has 0 aliphatic rings. The lowest BCUT2D eigenvalue weighted by atomic mass is 10.1. The summed E-state index contributed by atoms with van der Waals surface area (Å²) in [5, 5.41) is 0. The average molecular weight is 288 g/mol. The minimum Gasteiger partial charge on any atom is -0.496 e. The van der Waals surface area contributed by atoms with Gasteiger partial charge in [-0.05, 0) is 37.3 Å². The van der Waals surface area contributed by atoms with Crippen LogP contribution in [0.5, 0.6) is 5.75 Å². The summed E-state index contributed by atoms with van der Waals surface area (Å²) in [7, 11) is 1.48. The van der Waals surface area contributed by atoms with E-state index in [4.69, 9.17) is 10.5 Å². The van der Waals surface area contributed by atoms with E-state index in [0.717, 1.165) is 0 Å². The standard InChI is InChI=1S/C16H17FN2O2/c1-3-19(12-7-4-6-11(17)10-12)16(20)15-13(18)8-5-9-14(15)21-2/h4-10H,3,18H2,1-2H3. The van der Waals surface area contributed by atoms with Gasteiger partial charge in [0.25, 0.3) is 5.91 Å². The summed E-state index contributed by atoms with van der Waals surface area (Å²) in [6.45, 7) is 2.20. The topological polar surface area (TPSA) is 55.6 Å². The lowest BCUT2D eigenvalue weighted by molar-refractivity contribution is 0.0986. The molecule has 5 heteroatoms. The predicted octanol–water partition coefficient (Wildman–Crippen LogP) is 3.08. The quantitative estimate of drug-likeness (QED) is 0.880. The zero-order chi connectivity index (χ0) is 15.4. The van der Waals surface area contributed by atoms with Crippen LogP contribution in [0.15, 0.2) is 42.5 Å². The maximum absolute atomic E-state index is 13.4. The number of hydrogen-bond donors (Lipinski definition) is 1. The van der Waals surface area contributed by atoms with Crippen LogP contribution in [0.1, 0.15) is 17.3 Å². The van der Waals surface area contributed by atoms with Crippen LogP contribution in [0.3, 0.4) is 0 Å². The van der Waals surface area contributed by atoms with E-state index in [-0.39, 0.29) is 11.5 Å². The van der Waals surface area contributed by atoms with Gasteiger partial charge in [0.05, 0.1) is 7.11 Å². The number of carbonyl (C=O) groups excluding carboxylic acids is 1. The molecular formula is C16H17FN2O2. The van der Waals surface area contributed by atoms with Crippen molar-refractivity contribution in [2.45, 2.75) is 6.92 Å². The van der Waals surface area contributed by atoms with E-state index in [9.17, 15) is 9.18 Å². The Morgan fingerprint density at radius 1 is 1.29 bits per heavy atom. The Bertz CT molecular complexity index is 658. The van der Waals surface area contributed by atoms with Crippen molar-refractivity contribution in [3.05, 3.63) is 53.8 Å². The number of nitrogens with two attached hydrogens (primary N) is 1. The second-order valence-corrected chi connectivity index (χ2v) is 4.45. The number of halogens is 1. The molecule has 4 nitrogen and oxygen atoms in total. The molecular weight excluding hydrogens is 271 g/mol. The lowest BCUT2D eigenvalue weighted by Crippen LogP contribution is -2.31. The van der Waals surface area contributed by atoms with Gasteiger partial charge in [-0.1, -0.05) is 12.1 Å². The number of anilines is 2. The minimum absolute atomic E-state index is 0.283. The molecule has 0 radical (unpaired) electrons. The summed E-state index contributed by atoms with van der Waals surface area (Å²) >= 11 is 0. The van der Waals surface area contributed by atoms with Crippen LogP contribution >= 0.6 is 0 Å². The molecule has 0 saturated carbocycles. The fourth-order valence-corrected chi connectivity index (χ4v) is 2.17. The summed E-state index contributed by atoms with van der Waals surface area (Å²) in [6.07, 6.45) is 0. The van der Waals surface area contributed by atoms with E-state index >= 15 is 0 Å². The molecule has 2 aromatic carbocycles. The number of nitrogen functional groups attached to an aromatic ring is 1. The molecule has 0 heterocycles. The van der Waals surface area contributed by atoms with Gasteiger partial charge >= 0.3 is 0 Å². The van der Waals surface area contributed by atoms with Crippen LogP contribution < -0.4 is 15.4 Å². The first-order valence-corrected chi connectivity index (χ1v) is 6.58. The van der Waals surface area contributed by atoms with Crippen molar-refractivity contribution in [1.82, 2.24) is 0 Å². The van der Waals surface area contributed by atoms with Gasteiger partial charge in [0.2, 0.25) is 0 Å². The largest absolute Gasteiger partial charge is 0.496 e. The molecule has 0 fully saturated rings. The third kappa shape index (κ3) is 2.97. The molecule has 2 aromatic rings. The molecule has 0 spiro atoms. The zero-order valence-corrected chi connectivity index (χ0v) is 12.0. The fourth-order valence-electron chi connectivity index (χ4n) is 2.17. The second kappa shape index (κ2) is 6.26. The van der Waals surface area contributed by atoms with Crippen LogP contribution in [0.4, 0.5) is 15.8 Å². The first-order chi connectivity index (χ1) is 10.1. The Kier molecular flexibility index (Phi) is 4.42. The van der Waals surface area contributed by atoms with Gasteiger partial charge in [-0.15, -0.1) is 0 Å². The highest BCUT2D eigenvalue weighted by Crippen LogP contribution is 2.28. The van der Waals surface area contributed by atoms with Gasteiger partial charge in [0, 0.05) is 17.9 Å². The summed E-state index contributed by atoms with van der Waals surface area (Å²) in [6, 6.07) is 10.9. The number of hydrogen-bond acceptors (Lipinski definition) is 3. The number of amides is 1. The molecule has 0 bridgehead atoms. The van der Waals surface area contributed by atoms with Crippen LogP contribution in [-0.2, 0) is 0 Å². The first kappa shape index (κ1) is 14.8. The van der Waals surface area contributed by atoms with E-state index in [1.807, 2.05) is 6.92 Å². The zero-order valence-electron chi connectivity index (χ0n) is 12.0. The van der Waals surface area contributed by atoms with Gasteiger partial charge in [0.1, 0.15) is 17.1 Å². The summed E-state index contributed by atoms with van der Waals surface area (Å²) < 4.78 is 18.6. The SMILES string of the molecule is CCN(C(=O)c1c(N)cccc1OC)c1cccc(F)c1. The van der Waals surface area contributed by atoms with Crippen LogP contribution in [-0.4, -0.2) is 19.6 Å². The fraction of sp³-hybridized carbons (Fsp3) is 0.188. The molecule has 2 rings (SSSR count). The predicted molar refractivity (Wildman–Crippen MR) is 81.2 cm³/mol. The highest BCUT2D eigenvalue weighted by Gasteiger charge is 2.22. The molecule has 0 aliphatic carbocycles. The van der Waals surface area contributed by atoms with Gasteiger partial charge in [-0.25, -0.2) is 4.39 Å². The van der Waals surface area contributed by atoms with Crippen molar-refractivity contribution in [2.75, 3.05) is 24.3 Å². The Morgan fingerprint density at radius 2 is 2.00 bits per heavy atom. The number of methoxy groups -OCH3 is 1. The van der Waals surface area contributed by atoms with Crippen molar-refractivity contribution < 1.29 is 13.9 Å². The van der Waals surface area contributed by atoms with Gasteiger partial charge < -0.3 is 15.4 Å². The molecule has 0 atom stereocenters. The highest BCUT2D eigenvalue weighted by molar-refractivity contribution is 6.11. The Morgan fingerprint density at radius 3 is 2.62 bits per heavy atom. The second-order valence-electron chi connectivity index (χ2n) is 4.45. The van der Waals surface area contributed by atoms with Crippen LogP contribution in [0.25, 0.3) is 0 Å². The Hall–Kier alpha value is -2.56. The maximum atomic E-state index is 13.4. The third-order valence-corrected chi connectivity index (χ3v) is 3.17. The van der Waals surface area contributed by atoms with Gasteiger partial charge in [0.15, 0.2) is 0 Å². The number of benzene rings is 2. The normalized spacial score (nSPS) is 10.2. The Balaban J connectivity index is 2.47. The Labute approximate surface area is 122 Å². The van der Waals surface area contributed by atoms with Crippen molar-refractivity contribution >= 4 is 17.3 Å². The molecule has 21 heavy (non-hydrogen) atoms. The summed E-state index contributed by atoms with van der Waals surface area (Å²) in [4.78, 5) is 14.2. The number of carbonyl (C=O) groups is 1. The van der Waals surface area contributed by atoms with Gasteiger partial charge in [-0.2, -0.15) is 0 Å². The first-order valence-electron chi connectivity index (χ1n) is 6.58. The summed E-state index contributed by atoms with van der Waals surface area (Å²) in [5.74, 6) is -0.320. The molecule has 2 N–H and O–H groups in total. The lowest BCUT2D eigenvalue weighted by Gasteiger charge is -2.23. The van der Waals surface area contributed by atoms with Crippen molar-refractivity contribution in [3.63, 3.8) is 0 Å². The van der Waals surface area contributed by atoms with E-state index < -0.39 is 5.82 Å².